The first-order chi connectivity index (χ1) is 11.6. The number of aromatic nitrogens is 1. The minimum atomic E-state index is -1.12. The Bertz CT molecular complexity index is 878. The monoisotopic (exact) mass is 324 g/mol. The Balaban J connectivity index is 1.77. The van der Waals surface area contributed by atoms with Crippen LogP contribution in [0.15, 0.2) is 59.3 Å². The normalized spacial score (nSPS) is 10.5. The molecular formula is C18H16N2O4. The molecule has 3 rings (SSSR count). The molecule has 0 aliphatic rings. The summed E-state index contributed by atoms with van der Waals surface area (Å²) in [5.41, 5.74) is 1.82. The minimum absolute atomic E-state index is 0.105. The van der Waals surface area contributed by atoms with Crippen molar-refractivity contribution in [2.75, 3.05) is 0 Å². The van der Waals surface area contributed by atoms with Crippen molar-refractivity contribution in [3.05, 3.63) is 77.5 Å². The van der Waals surface area contributed by atoms with Crippen molar-refractivity contribution in [2.45, 2.75) is 13.5 Å². The van der Waals surface area contributed by atoms with Crippen LogP contribution >= 0.6 is 0 Å². The zero-order valence-corrected chi connectivity index (χ0v) is 13.0. The number of hydrogen-bond donors (Lipinski definition) is 2. The Morgan fingerprint density at radius 1 is 1.17 bits per heavy atom. The number of benzene rings is 1. The molecule has 0 saturated carbocycles. The Hall–Kier alpha value is -3.28. The van der Waals surface area contributed by atoms with Crippen LogP contribution in [0.2, 0.25) is 0 Å². The van der Waals surface area contributed by atoms with Crippen LogP contribution in [0.4, 0.5) is 0 Å². The highest BCUT2D eigenvalue weighted by Crippen LogP contribution is 2.17. The molecule has 6 nitrogen and oxygen atoms in total. The number of carbonyl (C=O) groups excluding carboxylic acids is 1. The van der Waals surface area contributed by atoms with Crippen LogP contribution in [-0.4, -0.2) is 21.6 Å². The smallest absolute Gasteiger partial charge is 0.372 e. The van der Waals surface area contributed by atoms with Gasteiger partial charge in [0.15, 0.2) is 0 Å². The van der Waals surface area contributed by atoms with Crippen molar-refractivity contribution in [3.63, 3.8) is 0 Å². The van der Waals surface area contributed by atoms with E-state index in [0.717, 1.165) is 5.69 Å². The molecule has 0 spiro atoms. The van der Waals surface area contributed by atoms with E-state index in [1.165, 1.54) is 0 Å². The van der Waals surface area contributed by atoms with Gasteiger partial charge >= 0.3 is 5.97 Å². The molecular weight excluding hydrogens is 308 g/mol. The number of carbonyl (C=O) groups is 2. The molecule has 122 valence electrons. The number of aromatic carboxylic acids is 1. The fourth-order valence-corrected chi connectivity index (χ4v) is 2.50. The highest BCUT2D eigenvalue weighted by atomic mass is 16.4. The molecule has 6 heteroatoms. The first-order valence-corrected chi connectivity index (χ1v) is 7.39. The van der Waals surface area contributed by atoms with Gasteiger partial charge in [-0.1, -0.05) is 12.1 Å². The molecule has 0 unspecified atom stereocenters. The number of aryl methyl sites for hydroxylation is 1. The van der Waals surface area contributed by atoms with Crippen molar-refractivity contribution in [3.8, 4) is 5.69 Å². The van der Waals surface area contributed by atoms with E-state index in [1.54, 1.807) is 25.1 Å². The molecule has 0 atom stereocenters. The summed E-state index contributed by atoms with van der Waals surface area (Å²) in [6.07, 6.45) is 3.72. The Labute approximate surface area is 138 Å². The number of para-hydroxylation sites is 1. The second-order valence-corrected chi connectivity index (χ2v) is 5.32. The summed E-state index contributed by atoms with van der Waals surface area (Å²) in [6, 6.07) is 12.6. The van der Waals surface area contributed by atoms with Crippen LogP contribution in [0, 0.1) is 6.92 Å². The van der Waals surface area contributed by atoms with E-state index in [2.05, 4.69) is 5.32 Å². The van der Waals surface area contributed by atoms with E-state index >= 15 is 0 Å². The van der Waals surface area contributed by atoms with Gasteiger partial charge in [-0.15, -0.1) is 0 Å². The first kappa shape index (κ1) is 15.6. The largest absolute Gasteiger partial charge is 0.475 e. The third-order valence-corrected chi connectivity index (χ3v) is 3.62. The fourth-order valence-electron chi connectivity index (χ4n) is 2.50. The van der Waals surface area contributed by atoms with Crippen LogP contribution in [0.3, 0.4) is 0 Å². The van der Waals surface area contributed by atoms with Crippen molar-refractivity contribution in [1.29, 1.82) is 0 Å². The number of carboxylic acids is 1. The highest BCUT2D eigenvalue weighted by Gasteiger charge is 2.16. The molecule has 2 N–H and O–H groups in total. The van der Waals surface area contributed by atoms with E-state index in [9.17, 15) is 9.59 Å². The average molecular weight is 324 g/mol. The summed E-state index contributed by atoms with van der Waals surface area (Å²) in [5.74, 6) is -1.09. The molecule has 24 heavy (non-hydrogen) atoms. The number of rotatable bonds is 5. The molecule has 1 amide bonds. The van der Waals surface area contributed by atoms with E-state index in [0.29, 0.717) is 16.9 Å². The van der Waals surface area contributed by atoms with Gasteiger partial charge in [-0.2, -0.15) is 0 Å². The van der Waals surface area contributed by atoms with Crippen molar-refractivity contribution in [2.24, 2.45) is 0 Å². The summed E-state index contributed by atoms with van der Waals surface area (Å²) in [6.45, 7) is 1.77. The predicted octanol–water partition coefficient (Wildman–Crippen LogP) is 3.01. The van der Waals surface area contributed by atoms with Gasteiger partial charge in [-0.25, -0.2) is 4.79 Å². The van der Waals surface area contributed by atoms with Gasteiger partial charge in [0, 0.05) is 18.0 Å². The van der Waals surface area contributed by atoms with E-state index in [4.69, 9.17) is 9.52 Å². The lowest BCUT2D eigenvalue weighted by molar-refractivity contribution is 0.0659. The maximum absolute atomic E-state index is 12.5. The molecule has 0 aliphatic heterocycles. The maximum atomic E-state index is 12.5. The minimum Gasteiger partial charge on any atom is -0.475 e. The lowest BCUT2D eigenvalue weighted by Gasteiger charge is -2.10. The van der Waals surface area contributed by atoms with Crippen molar-refractivity contribution >= 4 is 11.9 Å². The van der Waals surface area contributed by atoms with Gasteiger partial charge in [0.1, 0.15) is 5.76 Å². The summed E-state index contributed by atoms with van der Waals surface area (Å²) < 4.78 is 7.10. The van der Waals surface area contributed by atoms with Crippen molar-refractivity contribution < 1.29 is 19.1 Å². The standard InChI is InChI=1S/C18H16N2O4/c1-12-10-13(24-16(12)18(22)23)11-19-17(21)14-6-2-3-7-15(14)20-8-4-5-9-20/h2-10H,11H2,1H3,(H,19,21)(H,22,23). The molecule has 2 aromatic heterocycles. The summed E-state index contributed by atoms with van der Waals surface area (Å²) in [5, 5.41) is 11.8. The van der Waals surface area contributed by atoms with Crippen molar-refractivity contribution in [1.82, 2.24) is 9.88 Å². The third-order valence-electron chi connectivity index (χ3n) is 3.62. The SMILES string of the molecule is Cc1cc(CNC(=O)c2ccccc2-n2cccc2)oc1C(=O)O. The molecule has 0 fully saturated rings. The lowest BCUT2D eigenvalue weighted by Crippen LogP contribution is -2.23. The fraction of sp³-hybridized carbons (Fsp3) is 0.111. The van der Waals surface area contributed by atoms with Gasteiger partial charge in [-0.3, -0.25) is 4.79 Å². The van der Waals surface area contributed by atoms with Crippen LogP contribution in [-0.2, 0) is 6.54 Å². The summed E-state index contributed by atoms with van der Waals surface area (Å²) >= 11 is 0. The number of amides is 1. The quantitative estimate of drug-likeness (QED) is 0.755. The van der Waals surface area contributed by atoms with Gasteiger partial charge < -0.3 is 19.4 Å². The third kappa shape index (κ3) is 3.08. The molecule has 2 heterocycles. The van der Waals surface area contributed by atoms with Gasteiger partial charge in [-0.05, 0) is 37.3 Å². The number of hydrogen-bond acceptors (Lipinski definition) is 3. The number of furan rings is 1. The number of carboxylic acid groups (broad SMARTS) is 1. The molecule has 0 radical (unpaired) electrons. The second kappa shape index (κ2) is 6.45. The Morgan fingerprint density at radius 3 is 2.54 bits per heavy atom. The predicted molar refractivity (Wildman–Crippen MR) is 87.3 cm³/mol. The zero-order chi connectivity index (χ0) is 17.1. The zero-order valence-electron chi connectivity index (χ0n) is 13.0. The van der Waals surface area contributed by atoms with E-state index in [1.807, 2.05) is 41.2 Å². The molecule has 0 bridgehead atoms. The first-order valence-electron chi connectivity index (χ1n) is 7.39. The number of nitrogens with zero attached hydrogens (tertiary/aromatic N) is 1. The Morgan fingerprint density at radius 2 is 1.88 bits per heavy atom. The average Bonchev–Trinajstić information content (AvgIpc) is 3.22. The second-order valence-electron chi connectivity index (χ2n) is 5.32. The Kier molecular flexibility index (Phi) is 4.20. The molecule has 1 aromatic carbocycles. The lowest BCUT2D eigenvalue weighted by atomic mass is 10.1. The summed E-state index contributed by atoms with van der Waals surface area (Å²) in [7, 11) is 0. The summed E-state index contributed by atoms with van der Waals surface area (Å²) in [4.78, 5) is 23.5. The van der Waals surface area contributed by atoms with Gasteiger partial charge in [0.25, 0.3) is 5.91 Å². The molecule has 0 aliphatic carbocycles. The van der Waals surface area contributed by atoms with Gasteiger partial charge in [0.05, 0.1) is 17.8 Å². The number of nitrogens with one attached hydrogen (secondary N) is 1. The van der Waals surface area contributed by atoms with E-state index in [-0.39, 0.29) is 18.2 Å². The van der Waals surface area contributed by atoms with E-state index < -0.39 is 5.97 Å². The topological polar surface area (TPSA) is 84.5 Å². The maximum Gasteiger partial charge on any atom is 0.372 e. The van der Waals surface area contributed by atoms with Crippen LogP contribution < -0.4 is 5.32 Å². The van der Waals surface area contributed by atoms with Gasteiger partial charge in [0.2, 0.25) is 5.76 Å². The van der Waals surface area contributed by atoms with Crippen LogP contribution in [0.25, 0.3) is 5.69 Å². The van der Waals surface area contributed by atoms with Crippen LogP contribution in [0.5, 0.6) is 0 Å². The van der Waals surface area contributed by atoms with Crippen LogP contribution in [0.1, 0.15) is 32.2 Å². The highest BCUT2D eigenvalue weighted by molar-refractivity contribution is 5.97. The molecule has 0 saturated heterocycles. The molecule has 3 aromatic rings.